The van der Waals surface area contributed by atoms with E-state index in [0.717, 1.165) is 44.5 Å². The van der Waals surface area contributed by atoms with Gasteiger partial charge in [-0.25, -0.2) is 0 Å². The molecule has 1 fully saturated rings. The molecule has 0 bridgehead atoms. The maximum atomic E-state index is 12.6. The Morgan fingerprint density at radius 1 is 1.35 bits per heavy atom. The zero-order valence-electron chi connectivity index (χ0n) is 12.6. The summed E-state index contributed by atoms with van der Waals surface area (Å²) >= 11 is 0. The third-order valence-corrected chi connectivity index (χ3v) is 3.73. The van der Waals surface area contributed by atoms with Crippen LogP contribution in [0.2, 0.25) is 0 Å². The van der Waals surface area contributed by atoms with Gasteiger partial charge < -0.3 is 4.74 Å². The minimum Gasteiger partial charge on any atom is -0.367 e. The highest BCUT2D eigenvalue weighted by Crippen LogP contribution is 2.14. The van der Waals surface area contributed by atoms with Crippen LogP contribution in [0.25, 0.3) is 0 Å². The van der Waals surface area contributed by atoms with Gasteiger partial charge in [-0.05, 0) is 31.0 Å². The molecule has 1 heterocycles. The first-order valence-corrected chi connectivity index (χ1v) is 7.71. The minimum absolute atomic E-state index is 0.128. The first-order valence-electron chi connectivity index (χ1n) is 7.71. The summed E-state index contributed by atoms with van der Waals surface area (Å²) in [6.45, 7) is 7.69. The molecule has 110 valence electrons. The Kier molecular flexibility index (Phi) is 5.74. The monoisotopic (exact) mass is 275 g/mol. The molecule has 20 heavy (non-hydrogen) atoms. The van der Waals surface area contributed by atoms with E-state index < -0.39 is 0 Å². The van der Waals surface area contributed by atoms with Crippen LogP contribution in [0.4, 0.5) is 0 Å². The molecule has 0 aromatic heterocycles. The van der Waals surface area contributed by atoms with Gasteiger partial charge in [-0.2, -0.15) is 0 Å². The van der Waals surface area contributed by atoms with Crippen molar-refractivity contribution in [3.8, 4) is 0 Å². The van der Waals surface area contributed by atoms with Gasteiger partial charge in [0, 0.05) is 18.7 Å². The van der Waals surface area contributed by atoms with Crippen LogP contribution in [0.3, 0.4) is 0 Å². The zero-order valence-corrected chi connectivity index (χ0v) is 12.6. The van der Waals surface area contributed by atoms with Crippen LogP contribution in [0.1, 0.15) is 42.6 Å². The number of carbonyl (C=O) groups excluding carboxylic acids is 1. The molecule has 3 nitrogen and oxygen atoms in total. The van der Waals surface area contributed by atoms with Crippen molar-refractivity contribution in [3.63, 3.8) is 0 Å². The Balaban J connectivity index is 2.04. The topological polar surface area (TPSA) is 29.5 Å². The molecule has 0 spiro atoms. The van der Waals surface area contributed by atoms with Crippen molar-refractivity contribution in [3.05, 3.63) is 35.4 Å². The minimum atomic E-state index is -0.299. The Morgan fingerprint density at radius 2 is 2.20 bits per heavy atom. The van der Waals surface area contributed by atoms with E-state index in [9.17, 15) is 4.79 Å². The van der Waals surface area contributed by atoms with Crippen LogP contribution >= 0.6 is 0 Å². The van der Waals surface area contributed by atoms with E-state index in [4.69, 9.17) is 4.74 Å². The van der Waals surface area contributed by atoms with Crippen molar-refractivity contribution >= 4 is 5.78 Å². The maximum Gasteiger partial charge on any atom is 0.192 e. The average Bonchev–Trinajstić information content (AvgIpc) is 2.48. The van der Waals surface area contributed by atoms with Crippen LogP contribution in [0.15, 0.2) is 24.3 Å². The molecule has 0 radical (unpaired) electrons. The van der Waals surface area contributed by atoms with Gasteiger partial charge >= 0.3 is 0 Å². The van der Waals surface area contributed by atoms with E-state index >= 15 is 0 Å². The summed E-state index contributed by atoms with van der Waals surface area (Å²) in [7, 11) is 0. The first-order chi connectivity index (χ1) is 9.74. The summed E-state index contributed by atoms with van der Waals surface area (Å²) in [5, 5.41) is 0. The van der Waals surface area contributed by atoms with Crippen molar-refractivity contribution in [2.75, 3.05) is 26.2 Å². The molecular formula is C17H25NO2. The highest BCUT2D eigenvalue weighted by atomic mass is 16.5. The second-order valence-corrected chi connectivity index (χ2v) is 5.47. The van der Waals surface area contributed by atoms with E-state index in [0.29, 0.717) is 6.61 Å². The molecule has 0 saturated carbocycles. The van der Waals surface area contributed by atoms with Crippen LogP contribution in [-0.2, 0) is 11.2 Å². The lowest BCUT2D eigenvalue weighted by atomic mass is 10.0. The fourth-order valence-corrected chi connectivity index (χ4v) is 2.74. The summed E-state index contributed by atoms with van der Waals surface area (Å²) in [5.74, 6) is 0.128. The van der Waals surface area contributed by atoms with Gasteiger partial charge in [0.25, 0.3) is 0 Å². The number of Topliss-reactive ketones (excluding diaryl/α,β-unsaturated/α-hetero) is 1. The van der Waals surface area contributed by atoms with Crippen LogP contribution < -0.4 is 0 Å². The van der Waals surface area contributed by atoms with Crippen molar-refractivity contribution < 1.29 is 9.53 Å². The molecule has 0 amide bonds. The Labute approximate surface area is 121 Å². The molecule has 1 aliphatic heterocycles. The van der Waals surface area contributed by atoms with Crippen LogP contribution in [0, 0.1) is 0 Å². The second-order valence-electron chi connectivity index (χ2n) is 5.47. The number of hydrogen-bond donors (Lipinski definition) is 0. The number of morpholine rings is 1. The van der Waals surface area contributed by atoms with Gasteiger partial charge in [0.2, 0.25) is 0 Å². The largest absolute Gasteiger partial charge is 0.367 e. The molecule has 2 rings (SSSR count). The average molecular weight is 275 g/mol. The van der Waals surface area contributed by atoms with Crippen molar-refractivity contribution in [2.45, 2.75) is 39.2 Å². The Morgan fingerprint density at radius 3 is 2.95 bits per heavy atom. The molecule has 0 N–H and O–H groups in total. The number of carbonyl (C=O) groups is 1. The van der Waals surface area contributed by atoms with E-state index in [1.165, 1.54) is 5.56 Å². The molecule has 0 aliphatic carbocycles. The lowest BCUT2D eigenvalue weighted by Gasteiger charge is -2.31. The van der Waals surface area contributed by atoms with Gasteiger partial charge in [0.1, 0.15) is 6.10 Å². The number of benzene rings is 1. The van der Waals surface area contributed by atoms with Crippen molar-refractivity contribution in [1.82, 2.24) is 4.90 Å². The quantitative estimate of drug-likeness (QED) is 0.748. The number of aryl methyl sites for hydroxylation is 1. The van der Waals surface area contributed by atoms with Crippen molar-refractivity contribution in [2.24, 2.45) is 0 Å². The van der Waals surface area contributed by atoms with Gasteiger partial charge in [-0.1, -0.05) is 38.5 Å². The predicted molar refractivity (Wildman–Crippen MR) is 81.2 cm³/mol. The number of ether oxygens (including phenoxy) is 1. The fraction of sp³-hybridized carbons (Fsp3) is 0.588. The molecule has 1 aromatic carbocycles. The lowest BCUT2D eigenvalue weighted by molar-refractivity contribution is -0.0163. The SMILES string of the molecule is CCCc1cccc(C(=O)C2CN(CCC)CCO2)c1. The first kappa shape index (κ1) is 15.2. The van der Waals surface area contributed by atoms with Gasteiger partial charge in [-0.3, -0.25) is 9.69 Å². The maximum absolute atomic E-state index is 12.6. The number of ketones is 1. The molecule has 1 unspecified atom stereocenters. The van der Waals surface area contributed by atoms with E-state index in [2.05, 4.69) is 24.8 Å². The van der Waals surface area contributed by atoms with Crippen LogP contribution in [0.5, 0.6) is 0 Å². The summed E-state index contributed by atoms with van der Waals surface area (Å²) in [5.41, 5.74) is 2.03. The molecule has 3 heteroatoms. The fourth-order valence-electron chi connectivity index (χ4n) is 2.74. The third kappa shape index (κ3) is 3.90. The van der Waals surface area contributed by atoms with E-state index in [1.807, 2.05) is 18.2 Å². The summed E-state index contributed by atoms with van der Waals surface area (Å²) in [4.78, 5) is 14.9. The number of hydrogen-bond acceptors (Lipinski definition) is 3. The highest BCUT2D eigenvalue weighted by Gasteiger charge is 2.27. The zero-order chi connectivity index (χ0) is 14.4. The number of rotatable bonds is 6. The van der Waals surface area contributed by atoms with Crippen molar-refractivity contribution in [1.29, 1.82) is 0 Å². The summed E-state index contributed by atoms with van der Waals surface area (Å²) in [6, 6.07) is 7.99. The molecular weight excluding hydrogens is 250 g/mol. The normalized spacial score (nSPS) is 20.0. The molecule has 1 aromatic rings. The molecule has 1 saturated heterocycles. The second kappa shape index (κ2) is 7.55. The standard InChI is InChI=1S/C17H25NO2/c1-3-6-14-7-5-8-15(12-14)17(19)16-13-18(9-4-2)10-11-20-16/h5,7-8,12,16H,3-4,6,9-11,13H2,1-2H3. The smallest absolute Gasteiger partial charge is 0.192 e. The Bertz CT molecular complexity index is 442. The van der Waals surface area contributed by atoms with Gasteiger partial charge in [-0.15, -0.1) is 0 Å². The van der Waals surface area contributed by atoms with E-state index in [-0.39, 0.29) is 11.9 Å². The summed E-state index contributed by atoms with van der Waals surface area (Å²) < 4.78 is 5.68. The summed E-state index contributed by atoms with van der Waals surface area (Å²) in [6.07, 6.45) is 2.94. The Hall–Kier alpha value is -1.19. The third-order valence-electron chi connectivity index (χ3n) is 3.73. The van der Waals surface area contributed by atoms with Gasteiger partial charge in [0.15, 0.2) is 5.78 Å². The molecule has 1 aliphatic rings. The molecule has 1 atom stereocenters. The number of nitrogens with zero attached hydrogens (tertiary/aromatic N) is 1. The van der Waals surface area contributed by atoms with Crippen LogP contribution in [-0.4, -0.2) is 43.0 Å². The van der Waals surface area contributed by atoms with Gasteiger partial charge in [0.05, 0.1) is 6.61 Å². The van der Waals surface area contributed by atoms with E-state index in [1.54, 1.807) is 0 Å². The predicted octanol–water partition coefficient (Wildman–Crippen LogP) is 2.93. The lowest BCUT2D eigenvalue weighted by Crippen LogP contribution is -2.46. The highest BCUT2D eigenvalue weighted by molar-refractivity contribution is 5.99.